The molecule has 6 heteroatoms. The van der Waals surface area contributed by atoms with Gasteiger partial charge in [0.15, 0.2) is 5.11 Å². The Morgan fingerprint density at radius 1 is 1.07 bits per heavy atom. The molecule has 1 N–H and O–H groups in total. The summed E-state index contributed by atoms with van der Waals surface area (Å²) in [6.45, 7) is 2.76. The average molecular weight is 415 g/mol. The molecule has 4 aromatic rings. The Labute approximate surface area is 181 Å². The maximum absolute atomic E-state index is 5.81. The molecule has 1 saturated heterocycles. The van der Waals surface area contributed by atoms with Gasteiger partial charge in [0, 0.05) is 23.8 Å². The molecule has 1 aromatic carbocycles. The quantitative estimate of drug-likeness (QED) is 0.465. The van der Waals surface area contributed by atoms with Crippen LogP contribution in [0.4, 0.5) is 5.69 Å². The highest BCUT2D eigenvalue weighted by Crippen LogP contribution is 2.41. The van der Waals surface area contributed by atoms with E-state index in [1.54, 1.807) is 6.26 Å². The molecule has 0 spiro atoms. The van der Waals surface area contributed by atoms with E-state index in [-0.39, 0.29) is 12.1 Å². The normalized spacial score (nSPS) is 18.6. The van der Waals surface area contributed by atoms with Crippen molar-refractivity contribution in [3.63, 3.8) is 0 Å². The fourth-order valence-corrected chi connectivity index (χ4v) is 4.47. The highest BCUT2D eigenvalue weighted by atomic mass is 32.1. The predicted octanol–water partition coefficient (Wildman–Crippen LogP) is 5.01. The number of rotatable bonds is 5. The van der Waals surface area contributed by atoms with E-state index in [1.807, 2.05) is 36.5 Å². The fraction of sp³-hybridized carbons (Fsp3) is 0.167. The van der Waals surface area contributed by atoms with Crippen molar-refractivity contribution in [1.82, 2.24) is 14.9 Å². The summed E-state index contributed by atoms with van der Waals surface area (Å²) in [6, 6.07) is 22.5. The molecule has 1 fully saturated rings. The van der Waals surface area contributed by atoms with E-state index in [9.17, 15) is 0 Å². The van der Waals surface area contributed by atoms with Gasteiger partial charge in [-0.05, 0) is 73.2 Å². The van der Waals surface area contributed by atoms with E-state index < -0.39 is 0 Å². The zero-order valence-electron chi connectivity index (χ0n) is 16.6. The first kappa shape index (κ1) is 18.6. The van der Waals surface area contributed by atoms with E-state index in [0.29, 0.717) is 11.7 Å². The lowest BCUT2D eigenvalue weighted by Crippen LogP contribution is -2.30. The molecule has 5 nitrogen and oxygen atoms in total. The SMILES string of the molecule is Cc1cccc(N2C(=S)N[C@@H](c3ccccn3)[C@H]2c2cccn2Cc2ccco2)c1. The van der Waals surface area contributed by atoms with Crippen LogP contribution >= 0.6 is 12.2 Å². The molecule has 0 saturated carbocycles. The summed E-state index contributed by atoms with van der Waals surface area (Å²) in [7, 11) is 0. The molecule has 150 valence electrons. The Morgan fingerprint density at radius 3 is 2.77 bits per heavy atom. The van der Waals surface area contributed by atoms with Crippen molar-refractivity contribution in [2.24, 2.45) is 0 Å². The van der Waals surface area contributed by atoms with Crippen LogP contribution in [0.25, 0.3) is 0 Å². The molecule has 0 unspecified atom stereocenters. The maximum Gasteiger partial charge on any atom is 0.174 e. The molecular weight excluding hydrogens is 392 g/mol. The summed E-state index contributed by atoms with van der Waals surface area (Å²) in [5.74, 6) is 0.914. The lowest BCUT2D eigenvalue weighted by atomic mass is 10.0. The first-order valence-electron chi connectivity index (χ1n) is 9.95. The monoisotopic (exact) mass is 414 g/mol. The molecule has 1 aliphatic rings. The number of anilines is 1. The third-order valence-corrected chi connectivity index (χ3v) is 5.77. The first-order chi connectivity index (χ1) is 14.7. The van der Waals surface area contributed by atoms with Gasteiger partial charge in [0.25, 0.3) is 0 Å². The fourth-order valence-electron chi connectivity index (χ4n) is 4.12. The third-order valence-electron chi connectivity index (χ3n) is 5.45. The van der Waals surface area contributed by atoms with Gasteiger partial charge in [-0.3, -0.25) is 4.98 Å². The standard InChI is InChI=1S/C24H22N4OS/c1-17-7-4-8-18(15-17)28-23(22(26-24(28)30)20-10-2-3-12-25-20)21-11-5-13-27(21)16-19-9-6-14-29-19/h2-15,22-23H,16H2,1H3,(H,26,30)/t22-,23+/m0/s1. The Hall–Kier alpha value is -3.38. The third kappa shape index (κ3) is 3.39. The van der Waals surface area contributed by atoms with Gasteiger partial charge < -0.3 is 19.2 Å². The van der Waals surface area contributed by atoms with Crippen LogP contribution in [0.3, 0.4) is 0 Å². The second-order valence-corrected chi connectivity index (χ2v) is 7.86. The minimum atomic E-state index is -0.0653. The Morgan fingerprint density at radius 2 is 2.00 bits per heavy atom. The Balaban J connectivity index is 1.62. The summed E-state index contributed by atoms with van der Waals surface area (Å²) in [4.78, 5) is 6.83. The van der Waals surface area contributed by atoms with Crippen LogP contribution in [0.5, 0.6) is 0 Å². The Bertz CT molecular complexity index is 1150. The van der Waals surface area contributed by atoms with Gasteiger partial charge in [-0.25, -0.2) is 0 Å². The zero-order valence-corrected chi connectivity index (χ0v) is 17.4. The number of hydrogen-bond donors (Lipinski definition) is 1. The van der Waals surface area contributed by atoms with Gasteiger partial charge in [0.1, 0.15) is 11.8 Å². The first-order valence-corrected chi connectivity index (χ1v) is 10.4. The van der Waals surface area contributed by atoms with Gasteiger partial charge in [-0.1, -0.05) is 18.2 Å². The number of furan rings is 1. The summed E-state index contributed by atoms with van der Waals surface area (Å²) in [5.41, 5.74) is 4.38. The number of nitrogens with zero attached hydrogens (tertiary/aromatic N) is 3. The predicted molar refractivity (Wildman–Crippen MR) is 121 cm³/mol. The van der Waals surface area contributed by atoms with E-state index in [2.05, 4.69) is 69.3 Å². The largest absolute Gasteiger partial charge is 0.467 e. The molecule has 3 aromatic heterocycles. The van der Waals surface area contributed by atoms with Crippen LogP contribution in [0, 0.1) is 6.92 Å². The number of aromatic nitrogens is 2. The molecule has 30 heavy (non-hydrogen) atoms. The van der Waals surface area contributed by atoms with Crippen molar-refractivity contribution in [3.05, 3.63) is 108 Å². The van der Waals surface area contributed by atoms with E-state index in [0.717, 1.165) is 22.8 Å². The average Bonchev–Trinajstić information content (AvgIpc) is 3.49. The molecule has 0 bridgehead atoms. The van der Waals surface area contributed by atoms with E-state index >= 15 is 0 Å². The van der Waals surface area contributed by atoms with Crippen molar-refractivity contribution in [1.29, 1.82) is 0 Å². The smallest absolute Gasteiger partial charge is 0.174 e. The topological polar surface area (TPSA) is 46.2 Å². The number of thiocarbonyl (C=S) groups is 1. The van der Waals surface area contributed by atoms with Gasteiger partial charge in [0.2, 0.25) is 0 Å². The minimum Gasteiger partial charge on any atom is -0.467 e. The summed E-state index contributed by atoms with van der Waals surface area (Å²) in [6.07, 6.45) is 5.62. The molecular formula is C24H22N4OS. The number of benzene rings is 1. The summed E-state index contributed by atoms with van der Waals surface area (Å²) < 4.78 is 7.82. The van der Waals surface area contributed by atoms with Crippen molar-refractivity contribution in [2.75, 3.05) is 4.90 Å². The molecule has 2 atom stereocenters. The Kier molecular flexibility index (Phi) is 4.85. The lowest BCUT2D eigenvalue weighted by molar-refractivity contribution is 0.475. The van der Waals surface area contributed by atoms with E-state index in [4.69, 9.17) is 16.6 Å². The molecule has 1 aliphatic heterocycles. The van der Waals surface area contributed by atoms with Crippen LogP contribution in [0.1, 0.15) is 34.8 Å². The van der Waals surface area contributed by atoms with Crippen LogP contribution in [-0.2, 0) is 6.54 Å². The number of aryl methyl sites for hydroxylation is 1. The number of pyridine rings is 1. The van der Waals surface area contributed by atoms with Gasteiger partial charge in [-0.15, -0.1) is 0 Å². The second-order valence-electron chi connectivity index (χ2n) is 7.48. The molecule has 0 amide bonds. The van der Waals surface area contributed by atoms with Gasteiger partial charge >= 0.3 is 0 Å². The van der Waals surface area contributed by atoms with Crippen LogP contribution < -0.4 is 10.2 Å². The van der Waals surface area contributed by atoms with Crippen LogP contribution in [0.2, 0.25) is 0 Å². The van der Waals surface area contributed by atoms with Crippen molar-refractivity contribution in [3.8, 4) is 0 Å². The van der Waals surface area contributed by atoms with Crippen molar-refractivity contribution in [2.45, 2.75) is 25.6 Å². The highest BCUT2D eigenvalue weighted by molar-refractivity contribution is 7.80. The van der Waals surface area contributed by atoms with Crippen LogP contribution in [0.15, 0.2) is 89.8 Å². The van der Waals surface area contributed by atoms with E-state index in [1.165, 1.54) is 5.56 Å². The number of hydrogen-bond acceptors (Lipinski definition) is 3. The number of nitrogens with one attached hydrogen (secondary N) is 1. The zero-order chi connectivity index (χ0) is 20.5. The van der Waals surface area contributed by atoms with Crippen molar-refractivity contribution < 1.29 is 4.42 Å². The molecule has 4 heterocycles. The lowest BCUT2D eigenvalue weighted by Gasteiger charge is -2.29. The second kappa shape index (κ2) is 7.80. The summed E-state index contributed by atoms with van der Waals surface area (Å²) in [5, 5.41) is 4.22. The van der Waals surface area contributed by atoms with Crippen LogP contribution in [-0.4, -0.2) is 14.7 Å². The summed E-state index contributed by atoms with van der Waals surface area (Å²) >= 11 is 5.81. The van der Waals surface area contributed by atoms with Gasteiger partial charge in [-0.2, -0.15) is 0 Å². The minimum absolute atomic E-state index is 0.0424. The molecule has 5 rings (SSSR count). The van der Waals surface area contributed by atoms with Gasteiger partial charge in [0.05, 0.1) is 24.5 Å². The maximum atomic E-state index is 5.81. The molecule has 0 aliphatic carbocycles. The highest BCUT2D eigenvalue weighted by Gasteiger charge is 2.42. The van der Waals surface area contributed by atoms with Crippen molar-refractivity contribution >= 4 is 23.0 Å². The molecule has 0 radical (unpaired) electrons.